The van der Waals surface area contributed by atoms with Gasteiger partial charge in [-0.3, -0.25) is 0 Å². The maximum Gasteiger partial charge on any atom is 0.160 e. The lowest BCUT2D eigenvalue weighted by Gasteiger charge is -2.30. The lowest BCUT2D eigenvalue weighted by Crippen LogP contribution is -2.31. The maximum atomic E-state index is 11.1. The van der Waals surface area contributed by atoms with E-state index in [1.165, 1.54) is 6.42 Å². The highest BCUT2D eigenvalue weighted by Crippen LogP contribution is 2.29. The van der Waals surface area contributed by atoms with Gasteiger partial charge < -0.3 is 9.45 Å². The molecule has 2 heterocycles. The lowest BCUT2D eigenvalue weighted by atomic mass is 10.1. The molecule has 24 heavy (non-hydrogen) atoms. The molecule has 2 aromatic rings. The first-order valence-corrected chi connectivity index (χ1v) is 9.70. The van der Waals surface area contributed by atoms with E-state index in [0.29, 0.717) is 17.4 Å². The van der Waals surface area contributed by atoms with E-state index in [2.05, 4.69) is 14.9 Å². The van der Waals surface area contributed by atoms with Gasteiger partial charge in [-0.15, -0.1) is 0 Å². The van der Waals surface area contributed by atoms with E-state index in [1.807, 2.05) is 30.3 Å². The first kappa shape index (κ1) is 17.3. The minimum Gasteiger partial charge on any atom is -0.356 e. The number of rotatable bonds is 5. The third kappa shape index (κ3) is 4.32. The molecule has 1 aromatic heterocycles. The molecule has 1 atom stereocenters. The SMILES string of the molecule is O=S(O)Cc1nc(Cl)c(Cc2ccccc2)c(N2CCCCC2)n1. The number of piperidine rings is 1. The van der Waals surface area contributed by atoms with Gasteiger partial charge in [-0.25, -0.2) is 14.2 Å². The Bertz CT molecular complexity index is 721. The van der Waals surface area contributed by atoms with Gasteiger partial charge in [0.2, 0.25) is 0 Å². The zero-order valence-corrected chi connectivity index (χ0v) is 14.9. The van der Waals surface area contributed by atoms with E-state index in [-0.39, 0.29) is 5.75 Å². The van der Waals surface area contributed by atoms with Crippen LogP contribution in [0.2, 0.25) is 5.15 Å². The van der Waals surface area contributed by atoms with Crippen molar-refractivity contribution in [1.29, 1.82) is 0 Å². The van der Waals surface area contributed by atoms with Crippen LogP contribution >= 0.6 is 11.6 Å². The van der Waals surface area contributed by atoms with Crippen molar-refractivity contribution in [2.24, 2.45) is 0 Å². The molecule has 1 unspecified atom stereocenters. The second-order valence-corrected chi connectivity index (χ2v) is 7.20. The Kier molecular flexibility index (Phi) is 5.81. The van der Waals surface area contributed by atoms with Crippen LogP contribution in [-0.2, 0) is 23.3 Å². The van der Waals surface area contributed by atoms with E-state index in [9.17, 15) is 4.21 Å². The maximum absolute atomic E-state index is 11.1. The highest BCUT2D eigenvalue weighted by molar-refractivity contribution is 7.78. The number of anilines is 1. The molecule has 0 saturated carbocycles. The molecule has 1 aliphatic rings. The normalized spacial score (nSPS) is 16.2. The van der Waals surface area contributed by atoms with Crippen LogP contribution in [0.3, 0.4) is 0 Å². The number of hydrogen-bond acceptors (Lipinski definition) is 4. The average molecular weight is 366 g/mol. The van der Waals surface area contributed by atoms with E-state index < -0.39 is 11.1 Å². The molecule has 128 valence electrons. The molecule has 1 fully saturated rings. The van der Waals surface area contributed by atoms with Gasteiger partial charge in [-0.05, 0) is 24.8 Å². The van der Waals surface area contributed by atoms with Gasteiger partial charge >= 0.3 is 0 Å². The van der Waals surface area contributed by atoms with Crippen LogP contribution in [0.1, 0.15) is 36.2 Å². The Morgan fingerprint density at radius 1 is 1.12 bits per heavy atom. The Labute approximate surface area is 149 Å². The van der Waals surface area contributed by atoms with E-state index >= 15 is 0 Å². The predicted octanol–water partition coefficient (Wildman–Crippen LogP) is 3.43. The molecule has 1 aromatic carbocycles. The first-order chi connectivity index (χ1) is 11.6. The molecule has 3 rings (SSSR count). The fourth-order valence-corrected chi connectivity index (χ4v) is 3.58. The summed E-state index contributed by atoms with van der Waals surface area (Å²) in [5.41, 5.74) is 2.02. The third-order valence-electron chi connectivity index (χ3n) is 4.11. The third-order valence-corrected chi connectivity index (χ3v) is 4.93. The first-order valence-electron chi connectivity index (χ1n) is 8.05. The average Bonchev–Trinajstić information content (AvgIpc) is 2.58. The molecular weight excluding hydrogens is 346 g/mol. The minimum absolute atomic E-state index is 0.105. The van der Waals surface area contributed by atoms with Gasteiger partial charge in [-0.1, -0.05) is 41.9 Å². The summed E-state index contributed by atoms with van der Waals surface area (Å²) in [4.78, 5) is 11.0. The van der Waals surface area contributed by atoms with Gasteiger partial charge in [0, 0.05) is 25.1 Å². The largest absolute Gasteiger partial charge is 0.356 e. The summed E-state index contributed by atoms with van der Waals surface area (Å²) in [5, 5.41) is 0.370. The van der Waals surface area contributed by atoms with Crippen LogP contribution in [-0.4, -0.2) is 31.8 Å². The van der Waals surface area contributed by atoms with Crippen LogP contribution in [0.4, 0.5) is 5.82 Å². The summed E-state index contributed by atoms with van der Waals surface area (Å²) < 4.78 is 20.3. The van der Waals surface area contributed by atoms with Crippen molar-refractivity contribution >= 4 is 28.5 Å². The Morgan fingerprint density at radius 2 is 1.83 bits per heavy atom. The minimum atomic E-state index is -1.98. The Balaban J connectivity index is 1.99. The molecule has 1 saturated heterocycles. The van der Waals surface area contributed by atoms with Crippen molar-refractivity contribution < 1.29 is 8.76 Å². The van der Waals surface area contributed by atoms with Gasteiger partial charge in [-0.2, -0.15) is 0 Å². The molecule has 7 heteroatoms. The number of halogens is 1. The Morgan fingerprint density at radius 3 is 2.50 bits per heavy atom. The van der Waals surface area contributed by atoms with Gasteiger partial charge in [0.15, 0.2) is 11.1 Å². The van der Waals surface area contributed by atoms with E-state index in [0.717, 1.165) is 42.9 Å². The molecule has 1 N–H and O–H groups in total. The number of nitrogens with zero attached hydrogens (tertiary/aromatic N) is 3. The number of aromatic nitrogens is 2. The molecular formula is C17H20ClN3O2S. The molecule has 0 bridgehead atoms. The summed E-state index contributed by atoms with van der Waals surface area (Å²) in [5.74, 6) is 1.02. The summed E-state index contributed by atoms with van der Waals surface area (Å²) in [6, 6.07) is 10.1. The van der Waals surface area contributed by atoms with Gasteiger partial charge in [0.25, 0.3) is 0 Å². The number of hydrogen-bond donors (Lipinski definition) is 1. The van der Waals surface area contributed by atoms with Crippen molar-refractivity contribution in [3.8, 4) is 0 Å². The second-order valence-electron chi connectivity index (χ2n) is 5.91. The fourth-order valence-electron chi connectivity index (χ4n) is 2.98. The fraction of sp³-hybridized carbons (Fsp3) is 0.412. The van der Waals surface area contributed by atoms with Gasteiger partial charge in [0.05, 0.1) is 0 Å². The molecule has 0 radical (unpaired) electrons. The molecule has 0 spiro atoms. The zero-order valence-electron chi connectivity index (χ0n) is 13.3. The summed E-state index contributed by atoms with van der Waals surface area (Å²) in [6.07, 6.45) is 4.10. The monoisotopic (exact) mass is 365 g/mol. The van der Waals surface area contributed by atoms with Crippen molar-refractivity contribution in [2.75, 3.05) is 18.0 Å². The van der Waals surface area contributed by atoms with Gasteiger partial charge in [0.1, 0.15) is 22.5 Å². The summed E-state index contributed by atoms with van der Waals surface area (Å²) >= 11 is 4.44. The second kappa shape index (κ2) is 8.05. The van der Waals surface area contributed by atoms with E-state index in [1.54, 1.807) is 0 Å². The van der Waals surface area contributed by atoms with Crippen LogP contribution in [0.5, 0.6) is 0 Å². The van der Waals surface area contributed by atoms with Crippen LogP contribution in [0.25, 0.3) is 0 Å². The lowest BCUT2D eigenvalue weighted by molar-refractivity contribution is 0.560. The number of benzene rings is 1. The van der Waals surface area contributed by atoms with Crippen LogP contribution in [0, 0.1) is 0 Å². The summed E-state index contributed by atoms with van der Waals surface area (Å²) in [6.45, 7) is 1.85. The Hall–Kier alpha value is -1.50. The smallest absolute Gasteiger partial charge is 0.160 e. The molecule has 0 aliphatic carbocycles. The van der Waals surface area contributed by atoms with Crippen LogP contribution in [0.15, 0.2) is 30.3 Å². The quantitative estimate of drug-likeness (QED) is 0.649. The standard InChI is InChI=1S/C17H20ClN3O2S/c18-16-14(11-13-7-3-1-4-8-13)17(21-9-5-2-6-10-21)20-15(19-16)12-24(22)23/h1,3-4,7-8H,2,5-6,9-12H2,(H,22,23). The molecule has 5 nitrogen and oxygen atoms in total. The zero-order chi connectivity index (χ0) is 16.9. The molecule has 0 amide bonds. The molecule has 1 aliphatic heterocycles. The predicted molar refractivity (Wildman–Crippen MR) is 96.8 cm³/mol. The van der Waals surface area contributed by atoms with Crippen molar-refractivity contribution in [2.45, 2.75) is 31.4 Å². The topological polar surface area (TPSA) is 66.3 Å². The van der Waals surface area contributed by atoms with Crippen LogP contribution < -0.4 is 4.90 Å². The van der Waals surface area contributed by atoms with Crippen molar-refractivity contribution in [3.05, 3.63) is 52.4 Å². The summed E-state index contributed by atoms with van der Waals surface area (Å²) in [7, 11) is 0. The highest BCUT2D eigenvalue weighted by atomic mass is 35.5. The van der Waals surface area contributed by atoms with Crippen molar-refractivity contribution in [3.63, 3.8) is 0 Å². The van der Waals surface area contributed by atoms with Crippen molar-refractivity contribution in [1.82, 2.24) is 9.97 Å². The highest BCUT2D eigenvalue weighted by Gasteiger charge is 2.21. The van der Waals surface area contributed by atoms with E-state index in [4.69, 9.17) is 16.2 Å².